The van der Waals surface area contributed by atoms with E-state index in [2.05, 4.69) is 0 Å². The van der Waals surface area contributed by atoms with Gasteiger partial charge in [-0.15, -0.1) is 0 Å². The van der Waals surface area contributed by atoms with Crippen LogP contribution < -0.4 is 16.2 Å². The van der Waals surface area contributed by atoms with Gasteiger partial charge in [0, 0.05) is 18.7 Å². The van der Waals surface area contributed by atoms with E-state index in [0.717, 1.165) is 11.6 Å². The summed E-state index contributed by atoms with van der Waals surface area (Å²) in [6, 6.07) is 10.6. The molecule has 108 valence electrons. The van der Waals surface area contributed by atoms with E-state index in [1.54, 1.807) is 24.3 Å². The molecule has 0 aliphatic carbocycles. The third-order valence-electron chi connectivity index (χ3n) is 2.83. The van der Waals surface area contributed by atoms with Crippen molar-refractivity contribution in [1.82, 2.24) is 0 Å². The van der Waals surface area contributed by atoms with E-state index in [-0.39, 0.29) is 17.0 Å². The first kappa shape index (κ1) is 14.5. The van der Waals surface area contributed by atoms with Gasteiger partial charge in [0.15, 0.2) is 0 Å². The number of nitro groups is 1. The van der Waals surface area contributed by atoms with Gasteiger partial charge in [-0.05, 0) is 23.8 Å². The molecule has 0 bridgehead atoms. The van der Waals surface area contributed by atoms with Crippen molar-refractivity contribution in [2.75, 3.05) is 0 Å². The number of hydrogen-bond acceptors (Lipinski definition) is 5. The Hall–Kier alpha value is -2.93. The van der Waals surface area contributed by atoms with Crippen LogP contribution in [0.5, 0.6) is 11.5 Å². The minimum Gasteiger partial charge on any atom is -0.457 e. The van der Waals surface area contributed by atoms with Crippen LogP contribution in [-0.2, 0) is 6.54 Å². The zero-order valence-corrected chi connectivity index (χ0v) is 11.0. The summed E-state index contributed by atoms with van der Waals surface area (Å²) in [4.78, 5) is 21.5. The number of benzene rings is 2. The molecule has 0 aromatic heterocycles. The molecule has 0 radical (unpaired) electrons. The lowest BCUT2D eigenvalue weighted by Gasteiger charge is -2.09. The highest BCUT2D eigenvalue weighted by molar-refractivity contribution is 5.96. The van der Waals surface area contributed by atoms with Crippen molar-refractivity contribution >= 4 is 11.6 Å². The molecule has 4 N–H and O–H groups in total. The van der Waals surface area contributed by atoms with Gasteiger partial charge in [0.05, 0.1) is 10.5 Å². The summed E-state index contributed by atoms with van der Waals surface area (Å²) in [6.45, 7) is 0.407. The second-order valence-electron chi connectivity index (χ2n) is 4.25. The van der Waals surface area contributed by atoms with E-state index in [0.29, 0.717) is 12.3 Å². The summed E-state index contributed by atoms with van der Waals surface area (Å²) >= 11 is 0. The molecule has 0 saturated heterocycles. The van der Waals surface area contributed by atoms with Crippen molar-refractivity contribution in [3.05, 3.63) is 63.7 Å². The van der Waals surface area contributed by atoms with E-state index in [4.69, 9.17) is 16.2 Å². The molecule has 0 aliphatic rings. The van der Waals surface area contributed by atoms with Gasteiger partial charge in [0.1, 0.15) is 11.5 Å². The molecular weight excluding hydrogens is 274 g/mol. The molecule has 0 atom stereocenters. The lowest BCUT2D eigenvalue weighted by atomic mass is 10.1. The number of amides is 1. The Balaban J connectivity index is 2.34. The number of carbonyl (C=O) groups excluding carboxylic acids is 1. The molecule has 0 fully saturated rings. The molecule has 1 amide bonds. The lowest BCUT2D eigenvalue weighted by Crippen LogP contribution is -2.12. The standard InChI is InChI=1S/C14H13N3O4/c15-8-9-1-4-11(5-2-9)21-13-6-3-10(17(19)20)7-12(13)14(16)18/h1-7H,8,15H2,(H2,16,18). The maximum absolute atomic E-state index is 11.4. The summed E-state index contributed by atoms with van der Waals surface area (Å²) < 4.78 is 5.54. The normalized spacial score (nSPS) is 10.1. The SMILES string of the molecule is NCc1ccc(Oc2ccc([N+](=O)[O-])cc2C(N)=O)cc1. The number of rotatable bonds is 5. The van der Waals surface area contributed by atoms with Gasteiger partial charge in [-0.25, -0.2) is 0 Å². The molecule has 21 heavy (non-hydrogen) atoms. The van der Waals surface area contributed by atoms with Crippen LogP contribution >= 0.6 is 0 Å². The largest absolute Gasteiger partial charge is 0.457 e. The van der Waals surface area contributed by atoms with Crippen molar-refractivity contribution in [1.29, 1.82) is 0 Å². The first-order valence-electron chi connectivity index (χ1n) is 6.06. The number of hydrogen-bond donors (Lipinski definition) is 2. The zero-order chi connectivity index (χ0) is 15.4. The Kier molecular flexibility index (Phi) is 4.15. The van der Waals surface area contributed by atoms with Crippen LogP contribution in [0, 0.1) is 10.1 Å². The first-order valence-corrected chi connectivity index (χ1v) is 6.06. The molecule has 0 aliphatic heterocycles. The van der Waals surface area contributed by atoms with Gasteiger partial charge in [-0.2, -0.15) is 0 Å². The fourth-order valence-electron chi connectivity index (χ4n) is 1.73. The summed E-state index contributed by atoms with van der Waals surface area (Å²) in [5, 5.41) is 10.7. The van der Waals surface area contributed by atoms with Crippen molar-refractivity contribution < 1.29 is 14.5 Å². The first-order chi connectivity index (χ1) is 10.0. The highest BCUT2D eigenvalue weighted by atomic mass is 16.6. The van der Waals surface area contributed by atoms with Crippen molar-refractivity contribution in [3.8, 4) is 11.5 Å². The Morgan fingerprint density at radius 3 is 2.38 bits per heavy atom. The minimum absolute atomic E-state index is 0.0490. The summed E-state index contributed by atoms with van der Waals surface area (Å²) in [7, 11) is 0. The molecule has 0 saturated carbocycles. The van der Waals surface area contributed by atoms with E-state index in [1.165, 1.54) is 12.1 Å². The van der Waals surface area contributed by atoms with Crippen molar-refractivity contribution in [2.45, 2.75) is 6.54 Å². The second-order valence-corrected chi connectivity index (χ2v) is 4.25. The molecule has 7 heteroatoms. The average molecular weight is 287 g/mol. The Labute approximate surface area is 120 Å². The zero-order valence-electron chi connectivity index (χ0n) is 11.0. The van der Waals surface area contributed by atoms with Crippen LogP contribution in [0.4, 0.5) is 5.69 Å². The molecule has 7 nitrogen and oxygen atoms in total. The Morgan fingerprint density at radius 1 is 1.19 bits per heavy atom. The molecule has 2 aromatic carbocycles. The van der Waals surface area contributed by atoms with Gasteiger partial charge >= 0.3 is 0 Å². The predicted molar refractivity (Wildman–Crippen MR) is 76.0 cm³/mol. The van der Waals surface area contributed by atoms with Gasteiger partial charge in [0.2, 0.25) is 0 Å². The van der Waals surface area contributed by atoms with E-state index >= 15 is 0 Å². The molecular formula is C14H13N3O4. The molecule has 2 rings (SSSR count). The minimum atomic E-state index is -0.799. The van der Waals surface area contributed by atoms with Crippen LogP contribution in [0.15, 0.2) is 42.5 Å². The fraction of sp³-hybridized carbons (Fsp3) is 0.0714. The third-order valence-corrected chi connectivity index (χ3v) is 2.83. The molecule has 0 unspecified atom stereocenters. The molecule has 0 spiro atoms. The molecule has 0 heterocycles. The Morgan fingerprint density at radius 2 is 1.86 bits per heavy atom. The van der Waals surface area contributed by atoms with Gasteiger partial charge < -0.3 is 16.2 Å². The number of primary amides is 1. The van der Waals surface area contributed by atoms with E-state index in [1.807, 2.05) is 0 Å². The van der Waals surface area contributed by atoms with E-state index < -0.39 is 10.8 Å². The number of nitrogens with two attached hydrogens (primary N) is 2. The maximum Gasteiger partial charge on any atom is 0.270 e. The molecule has 2 aromatic rings. The van der Waals surface area contributed by atoms with Crippen LogP contribution in [0.1, 0.15) is 15.9 Å². The van der Waals surface area contributed by atoms with Gasteiger partial charge in [-0.3, -0.25) is 14.9 Å². The number of nitrogens with zero attached hydrogens (tertiary/aromatic N) is 1. The quantitative estimate of drug-likeness (QED) is 0.642. The van der Waals surface area contributed by atoms with Gasteiger partial charge in [0.25, 0.3) is 11.6 Å². The number of nitro benzene ring substituents is 1. The summed E-state index contributed by atoms with van der Waals surface area (Å²) in [5.41, 5.74) is 11.4. The summed E-state index contributed by atoms with van der Waals surface area (Å²) in [6.07, 6.45) is 0. The number of carbonyl (C=O) groups is 1. The summed E-state index contributed by atoms with van der Waals surface area (Å²) in [5.74, 6) is -0.163. The smallest absolute Gasteiger partial charge is 0.270 e. The fourth-order valence-corrected chi connectivity index (χ4v) is 1.73. The van der Waals surface area contributed by atoms with Crippen LogP contribution in [-0.4, -0.2) is 10.8 Å². The second kappa shape index (κ2) is 6.02. The highest BCUT2D eigenvalue weighted by Gasteiger charge is 2.16. The van der Waals surface area contributed by atoms with Crippen LogP contribution in [0.25, 0.3) is 0 Å². The van der Waals surface area contributed by atoms with Crippen LogP contribution in [0.2, 0.25) is 0 Å². The van der Waals surface area contributed by atoms with Gasteiger partial charge in [-0.1, -0.05) is 12.1 Å². The van der Waals surface area contributed by atoms with Crippen molar-refractivity contribution in [3.63, 3.8) is 0 Å². The van der Waals surface area contributed by atoms with Crippen LogP contribution in [0.3, 0.4) is 0 Å². The van der Waals surface area contributed by atoms with Crippen molar-refractivity contribution in [2.24, 2.45) is 11.5 Å². The van der Waals surface area contributed by atoms with E-state index in [9.17, 15) is 14.9 Å². The lowest BCUT2D eigenvalue weighted by molar-refractivity contribution is -0.384. The number of ether oxygens (including phenoxy) is 1. The Bertz CT molecular complexity index is 683. The number of non-ortho nitro benzene ring substituents is 1. The monoisotopic (exact) mass is 287 g/mol. The topological polar surface area (TPSA) is 121 Å². The maximum atomic E-state index is 11.4. The highest BCUT2D eigenvalue weighted by Crippen LogP contribution is 2.28. The third kappa shape index (κ3) is 3.34. The average Bonchev–Trinajstić information content (AvgIpc) is 2.48. The predicted octanol–water partition coefficient (Wildman–Crippen LogP) is 1.94.